The van der Waals surface area contributed by atoms with E-state index in [2.05, 4.69) is 5.32 Å². The van der Waals surface area contributed by atoms with Crippen LogP contribution in [0.2, 0.25) is 0 Å². The maximum Gasteiger partial charge on any atom is 0.170 e. The molecule has 0 amide bonds. The Labute approximate surface area is 93.8 Å². The molecule has 1 unspecified atom stereocenters. The Morgan fingerprint density at radius 1 is 1.44 bits per heavy atom. The number of ether oxygens (including phenoxy) is 1. The van der Waals surface area contributed by atoms with E-state index in [1.807, 2.05) is 0 Å². The van der Waals surface area contributed by atoms with Gasteiger partial charge >= 0.3 is 0 Å². The molecule has 1 atom stereocenters. The first-order chi connectivity index (χ1) is 7.69. The molecule has 1 saturated heterocycles. The minimum Gasteiger partial charge on any atom is -0.485 e. The molecule has 0 bridgehead atoms. The van der Waals surface area contributed by atoms with Crippen LogP contribution in [0.4, 0.5) is 5.69 Å². The van der Waals surface area contributed by atoms with E-state index in [4.69, 9.17) is 10.5 Å². The van der Waals surface area contributed by atoms with Crippen molar-refractivity contribution in [2.24, 2.45) is 0 Å². The number of nitrogens with two attached hydrogens (primary N) is 1. The van der Waals surface area contributed by atoms with Crippen LogP contribution in [0.15, 0.2) is 18.2 Å². The lowest BCUT2D eigenvalue weighted by atomic mass is 9.89. The summed E-state index contributed by atoms with van der Waals surface area (Å²) in [6.45, 7) is 1.67. The molecule has 16 heavy (non-hydrogen) atoms. The van der Waals surface area contributed by atoms with E-state index in [1.165, 1.54) is 0 Å². The summed E-state index contributed by atoms with van der Waals surface area (Å²) in [5, 5.41) is 3.24. The number of carbonyl (C=O) groups is 1. The van der Waals surface area contributed by atoms with Crippen LogP contribution in [0.1, 0.15) is 23.2 Å². The molecule has 3 rings (SSSR count). The van der Waals surface area contributed by atoms with E-state index in [-0.39, 0.29) is 11.4 Å². The highest BCUT2D eigenvalue weighted by atomic mass is 16.5. The first kappa shape index (κ1) is 9.66. The van der Waals surface area contributed by atoms with Crippen LogP contribution in [0.3, 0.4) is 0 Å². The Hall–Kier alpha value is -1.55. The molecule has 3 N–H and O–H groups in total. The van der Waals surface area contributed by atoms with Gasteiger partial charge in [0.2, 0.25) is 0 Å². The molecule has 2 aliphatic heterocycles. The summed E-state index contributed by atoms with van der Waals surface area (Å²) in [7, 11) is 0. The largest absolute Gasteiger partial charge is 0.485 e. The third kappa shape index (κ3) is 1.38. The number of fused-ring (bicyclic) bond motifs is 1. The predicted octanol–water partition coefficient (Wildman–Crippen LogP) is 0.966. The van der Waals surface area contributed by atoms with Crippen molar-refractivity contribution in [1.82, 2.24) is 5.32 Å². The number of rotatable bonds is 0. The van der Waals surface area contributed by atoms with Crippen molar-refractivity contribution in [2.75, 3.05) is 18.8 Å². The number of anilines is 1. The summed E-state index contributed by atoms with van der Waals surface area (Å²) in [4.78, 5) is 12.0. The fourth-order valence-electron chi connectivity index (χ4n) is 2.47. The average molecular weight is 218 g/mol. The molecule has 1 aromatic rings. The van der Waals surface area contributed by atoms with Crippen molar-refractivity contribution in [3.8, 4) is 5.75 Å². The van der Waals surface area contributed by atoms with Gasteiger partial charge in [0, 0.05) is 18.7 Å². The van der Waals surface area contributed by atoms with Gasteiger partial charge in [-0.1, -0.05) is 0 Å². The number of hydrogen-bond donors (Lipinski definition) is 2. The summed E-state index contributed by atoms with van der Waals surface area (Å²) >= 11 is 0. The number of carbonyl (C=O) groups excluding carboxylic acids is 1. The molecule has 4 heteroatoms. The second-order valence-corrected chi connectivity index (χ2v) is 4.57. The molecule has 0 radical (unpaired) electrons. The van der Waals surface area contributed by atoms with Crippen molar-refractivity contribution in [1.29, 1.82) is 0 Å². The minimum atomic E-state index is -0.319. The second-order valence-electron chi connectivity index (χ2n) is 4.57. The number of Topliss-reactive ketones (excluding diaryl/α,β-unsaturated/α-hetero) is 1. The lowest BCUT2D eigenvalue weighted by molar-refractivity contribution is 0.0529. The highest BCUT2D eigenvalue weighted by Gasteiger charge is 2.42. The van der Waals surface area contributed by atoms with E-state index in [1.54, 1.807) is 18.2 Å². The fraction of sp³-hybridized carbons (Fsp3) is 0.417. The zero-order valence-electron chi connectivity index (χ0n) is 8.95. The number of nitrogens with one attached hydrogen (secondary N) is 1. The van der Waals surface area contributed by atoms with Crippen molar-refractivity contribution in [3.63, 3.8) is 0 Å². The summed E-state index contributed by atoms with van der Waals surface area (Å²) < 4.78 is 5.97. The SMILES string of the molecule is Nc1ccc2c(c1)C(=O)CC1(CCNC1)O2. The first-order valence-electron chi connectivity index (χ1n) is 5.51. The Kier molecular flexibility index (Phi) is 1.94. The minimum absolute atomic E-state index is 0.136. The fourth-order valence-corrected chi connectivity index (χ4v) is 2.47. The topological polar surface area (TPSA) is 64.4 Å². The van der Waals surface area contributed by atoms with Crippen LogP contribution < -0.4 is 15.8 Å². The molecular formula is C12H14N2O2. The van der Waals surface area contributed by atoms with Crippen LogP contribution >= 0.6 is 0 Å². The Bertz CT molecular complexity index is 450. The van der Waals surface area contributed by atoms with Gasteiger partial charge < -0.3 is 15.8 Å². The first-order valence-corrected chi connectivity index (χ1v) is 5.51. The van der Waals surface area contributed by atoms with Gasteiger partial charge in [-0.05, 0) is 24.7 Å². The molecule has 1 aromatic carbocycles. The summed E-state index contributed by atoms with van der Waals surface area (Å²) in [6.07, 6.45) is 1.35. The number of ketones is 1. The normalized spacial score (nSPS) is 27.9. The van der Waals surface area contributed by atoms with Crippen LogP contribution in [0.25, 0.3) is 0 Å². The maximum absolute atomic E-state index is 12.0. The third-order valence-electron chi connectivity index (χ3n) is 3.32. The van der Waals surface area contributed by atoms with Gasteiger partial charge in [-0.15, -0.1) is 0 Å². The van der Waals surface area contributed by atoms with E-state index in [0.29, 0.717) is 23.4 Å². The summed E-state index contributed by atoms with van der Waals surface area (Å²) in [5.74, 6) is 0.811. The zero-order chi connectivity index (χ0) is 11.2. The Balaban J connectivity index is 2.02. The molecule has 1 spiro atoms. The smallest absolute Gasteiger partial charge is 0.170 e. The van der Waals surface area contributed by atoms with Crippen LogP contribution in [-0.4, -0.2) is 24.5 Å². The van der Waals surface area contributed by atoms with Crippen LogP contribution in [0.5, 0.6) is 5.75 Å². The number of benzene rings is 1. The molecule has 0 aliphatic carbocycles. The highest BCUT2D eigenvalue weighted by molar-refractivity contribution is 6.01. The van der Waals surface area contributed by atoms with E-state index >= 15 is 0 Å². The molecule has 0 aromatic heterocycles. The number of hydrogen-bond acceptors (Lipinski definition) is 4. The van der Waals surface area contributed by atoms with Crippen molar-refractivity contribution < 1.29 is 9.53 Å². The third-order valence-corrected chi connectivity index (χ3v) is 3.32. The Morgan fingerprint density at radius 3 is 3.06 bits per heavy atom. The van der Waals surface area contributed by atoms with Gasteiger partial charge in [-0.2, -0.15) is 0 Å². The van der Waals surface area contributed by atoms with Gasteiger partial charge in [0.15, 0.2) is 5.78 Å². The molecular weight excluding hydrogens is 204 g/mol. The molecule has 1 fully saturated rings. The van der Waals surface area contributed by atoms with E-state index < -0.39 is 0 Å². The van der Waals surface area contributed by atoms with Crippen molar-refractivity contribution >= 4 is 11.5 Å². The lowest BCUT2D eigenvalue weighted by Crippen LogP contribution is -2.43. The predicted molar refractivity (Wildman–Crippen MR) is 60.6 cm³/mol. The summed E-state index contributed by atoms with van der Waals surface area (Å²) in [5.41, 5.74) is 6.58. The van der Waals surface area contributed by atoms with Crippen LogP contribution in [0, 0.1) is 0 Å². The van der Waals surface area contributed by atoms with Crippen molar-refractivity contribution in [3.05, 3.63) is 23.8 Å². The van der Waals surface area contributed by atoms with Gasteiger partial charge in [-0.3, -0.25) is 4.79 Å². The van der Waals surface area contributed by atoms with Crippen LogP contribution in [-0.2, 0) is 0 Å². The van der Waals surface area contributed by atoms with E-state index in [0.717, 1.165) is 19.5 Å². The standard InChI is InChI=1S/C12H14N2O2/c13-8-1-2-11-9(5-8)10(15)6-12(16-11)3-4-14-7-12/h1-2,5,14H,3-4,6-7,13H2. The Morgan fingerprint density at radius 2 is 2.31 bits per heavy atom. The van der Waals surface area contributed by atoms with Gasteiger partial charge in [0.25, 0.3) is 0 Å². The number of nitrogen functional groups attached to an aromatic ring is 1. The molecule has 2 heterocycles. The lowest BCUT2D eigenvalue weighted by Gasteiger charge is -2.34. The second kappa shape index (κ2) is 3.22. The quantitative estimate of drug-likeness (QED) is 0.637. The molecule has 2 aliphatic rings. The maximum atomic E-state index is 12.0. The molecule has 0 saturated carbocycles. The molecule has 84 valence electrons. The molecule has 4 nitrogen and oxygen atoms in total. The zero-order valence-corrected chi connectivity index (χ0v) is 8.95. The van der Waals surface area contributed by atoms with Crippen molar-refractivity contribution in [2.45, 2.75) is 18.4 Å². The monoisotopic (exact) mass is 218 g/mol. The van der Waals surface area contributed by atoms with Gasteiger partial charge in [-0.25, -0.2) is 0 Å². The highest BCUT2D eigenvalue weighted by Crippen LogP contribution is 2.37. The van der Waals surface area contributed by atoms with Gasteiger partial charge in [0.05, 0.1) is 12.0 Å². The van der Waals surface area contributed by atoms with Gasteiger partial charge in [0.1, 0.15) is 11.4 Å². The summed E-state index contributed by atoms with van der Waals surface area (Å²) in [6, 6.07) is 5.27. The van der Waals surface area contributed by atoms with E-state index in [9.17, 15) is 4.79 Å². The average Bonchev–Trinajstić information content (AvgIpc) is 2.68.